The van der Waals surface area contributed by atoms with Crippen molar-refractivity contribution in [2.45, 2.75) is 32.0 Å². The Labute approximate surface area is 130 Å². The minimum absolute atomic E-state index is 0.726. The minimum Gasteiger partial charge on any atom is -0.368 e. The maximum absolute atomic E-state index is 10.4. The summed E-state index contributed by atoms with van der Waals surface area (Å²) in [6.07, 6.45) is 2.47. The molecule has 22 heavy (non-hydrogen) atoms. The molecule has 2 aromatic rings. The summed E-state index contributed by atoms with van der Waals surface area (Å²) >= 11 is 0. The third-order valence-corrected chi connectivity index (χ3v) is 4.73. The molecule has 116 valence electrons. The lowest BCUT2D eigenvalue weighted by atomic mass is 9.92. The van der Waals surface area contributed by atoms with Crippen LogP contribution in [0.5, 0.6) is 0 Å². The third-order valence-electron chi connectivity index (χ3n) is 4.73. The molecule has 0 spiro atoms. The highest BCUT2D eigenvalue weighted by Gasteiger charge is 2.29. The second-order valence-corrected chi connectivity index (χ2v) is 6.46. The molecule has 2 N–H and O–H groups in total. The Hall–Kier alpha value is -1.85. The van der Waals surface area contributed by atoms with E-state index in [1.807, 2.05) is 12.1 Å². The van der Waals surface area contributed by atoms with E-state index in [0.717, 1.165) is 43.6 Å². The molecule has 0 radical (unpaired) electrons. The van der Waals surface area contributed by atoms with Crippen LogP contribution in [-0.4, -0.2) is 40.9 Å². The summed E-state index contributed by atoms with van der Waals surface area (Å²) in [6.45, 7) is 1.98. The second-order valence-electron chi connectivity index (χ2n) is 6.46. The van der Waals surface area contributed by atoms with Crippen LogP contribution in [0.15, 0.2) is 23.3 Å². The maximum atomic E-state index is 10.4. The smallest absolute Gasteiger partial charge is 0.166 e. The molecule has 0 saturated heterocycles. The van der Waals surface area contributed by atoms with Crippen molar-refractivity contribution in [2.75, 3.05) is 20.6 Å². The molecule has 5 heteroatoms. The highest BCUT2D eigenvalue weighted by Crippen LogP contribution is 2.37. The van der Waals surface area contributed by atoms with Gasteiger partial charge in [-0.15, -0.1) is 0 Å². The summed E-state index contributed by atoms with van der Waals surface area (Å²) in [5, 5.41) is 16.0. The highest BCUT2D eigenvalue weighted by molar-refractivity contribution is 6.14. The van der Waals surface area contributed by atoms with Gasteiger partial charge >= 0.3 is 0 Å². The zero-order chi connectivity index (χ0) is 15.3. The van der Waals surface area contributed by atoms with Gasteiger partial charge in [0.1, 0.15) is 0 Å². The van der Waals surface area contributed by atoms with Crippen molar-refractivity contribution in [3.05, 3.63) is 35.0 Å². The number of aliphatic hydroxyl groups excluding tert-OH is 1. The van der Waals surface area contributed by atoms with Gasteiger partial charge in [-0.25, -0.2) is 0 Å². The molecule has 1 aliphatic heterocycles. The second kappa shape index (κ2) is 5.11. The molecule has 1 atom stereocenters. The topological polar surface area (TPSA) is 52.8 Å². The molecule has 1 aromatic carbocycles. The van der Waals surface area contributed by atoms with Crippen molar-refractivity contribution in [1.82, 2.24) is 14.9 Å². The van der Waals surface area contributed by atoms with Crippen LogP contribution in [0, 0.1) is 0 Å². The number of hydrogen-bond donors (Lipinski definition) is 2. The van der Waals surface area contributed by atoms with Crippen LogP contribution in [0.2, 0.25) is 0 Å². The quantitative estimate of drug-likeness (QED) is 0.909. The molecule has 2 heterocycles. The Bertz CT molecular complexity index is 760. The average Bonchev–Trinajstić information content (AvgIpc) is 2.76. The SMILES string of the molecule is CN(C)CCn1c2c3c4c(cccc41)C(O)NN=C3CCC2. The van der Waals surface area contributed by atoms with E-state index >= 15 is 0 Å². The number of hydrogen-bond acceptors (Lipinski definition) is 4. The molecule has 0 amide bonds. The van der Waals surface area contributed by atoms with E-state index in [0.29, 0.717) is 0 Å². The Morgan fingerprint density at radius 2 is 2.23 bits per heavy atom. The van der Waals surface area contributed by atoms with Gasteiger partial charge in [-0.1, -0.05) is 12.1 Å². The van der Waals surface area contributed by atoms with Crippen LogP contribution in [0.1, 0.15) is 35.9 Å². The molecule has 1 aliphatic carbocycles. The molecule has 4 rings (SSSR count). The average molecular weight is 298 g/mol. The van der Waals surface area contributed by atoms with Crippen molar-refractivity contribution < 1.29 is 5.11 Å². The molecule has 0 bridgehead atoms. The summed E-state index contributed by atoms with van der Waals surface area (Å²) in [4.78, 5) is 2.21. The molecule has 1 aromatic heterocycles. The molecular formula is C17H22N4O. The highest BCUT2D eigenvalue weighted by atomic mass is 16.3. The molecule has 0 fully saturated rings. The van der Waals surface area contributed by atoms with Crippen LogP contribution in [0.25, 0.3) is 10.9 Å². The summed E-state index contributed by atoms with van der Waals surface area (Å²) in [7, 11) is 4.21. The first kappa shape index (κ1) is 13.8. The van der Waals surface area contributed by atoms with Gasteiger partial charge in [0.2, 0.25) is 0 Å². The number of aromatic nitrogens is 1. The lowest BCUT2D eigenvalue weighted by Gasteiger charge is -2.19. The fourth-order valence-corrected chi connectivity index (χ4v) is 3.70. The van der Waals surface area contributed by atoms with Gasteiger partial charge in [-0.2, -0.15) is 5.10 Å². The van der Waals surface area contributed by atoms with Crippen molar-refractivity contribution >= 4 is 16.6 Å². The van der Waals surface area contributed by atoms with Crippen molar-refractivity contribution in [3.63, 3.8) is 0 Å². The molecule has 0 saturated carbocycles. The van der Waals surface area contributed by atoms with E-state index in [2.05, 4.69) is 40.2 Å². The predicted molar refractivity (Wildman–Crippen MR) is 88.1 cm³/mol. The first-order valence-electron chi connectivity index (χ1n) is 7.96. The van der Waals surface area contributed by atoms with E-state index in [1.165, 1.54) is 22.2 Å². The van der Waals surface area contributed by atoms with E-state index < -0.39 is 6.23 Å². The fourth-order valence-electron chi connectivity index (χ4n) is 3.70. The Balaban J connectivity index is 2.00. The molecule has 1 unspecified atom stereocenters. The van der Waals surface area contributed by atoms with Gasteiger partial charge < -0.3 is 14.6 Å². The number of aliphatic hydroxyl groups is 1. The van der Waals surface area contributed by atoms with Crippen molar-refractivity contribution in [2.24, 2.45) is 5.10 Å². The Morgan fingerprint density at radius 1 is 1.36 bits per heavy atom. The summed E-state index contributed by atoms with van der Waals surface area (Å²) in [6, 6.07) is 6.21. The van der Waals surface area contributed by atoms with Gasteiger partial charge in [0.25, 0.3) is 0 Å². The lowest BCUT2D eigenvalue weighted by Crippen LogP contribution is -2.22. The summed E-state index contributed by atoms with van der Waals surface area (Å²) < 4.78 is 2.43. The zero-order valence-corrected chi connectivity index (χ0v) is 13.1. The lowest BCUT2D eigenvalue weighted by molar-refractivity contribution is 0.143. The van der Waals surface area contributed by atoms with Crippen molar-refractivity contribution in [1.29, 1.82) is 0 Å². The predicted octanol–water partition coefficient (Wildman–Crippen LogP) is 1.84. The number of nitrogens with zero attached hydrogens (tertiary/aromatic N) is 3. The number of hydrazone groups is 1. The standard InChI is InChI=1S/C17H22N4O/c1-20(2)9-10-21-13-7-3-5-11-15(13)16-12(18-19-17(11)22)6-4-8-14(16)21/h3,5,7,17,19,22H,4,6,8-10H2,1-2H3. The van der Waals surface area contributed by atoms with Crippen LogP contribution >= 0.6 is 0 Å². The van der Waals surface area contributed by atoms with Gasteiger partial charge in [0.15, 0.2) is 6.23 Å². The first-order chi connectivity index (χ1) is 10.7. The van der Waals surface area contributed by atoms with Gasteiger partial charge in [-0.3, -0.25) is 5.43 Å². The molecule has 2 aliphatic rings. The zero-order valence-electron chi connectivity index (χ0n) is 13.1. The third kappa shape index (κ3) is 1.96. The number of nitrogens with one attached hydrogen (secondary N) is 1. The number of likely N-dealkylation sites (N-methyl/N-ethyl adjacent to an activating group) is 1. The first-order valence-corrected chi connectivity index (χ1v) is 7.96. The van der Waals surface area contributed by atoms with Gasteiger partial charge in [-0.05, 0) is 39.4 Å². The monoisotopic (exact) mass is 298 g/mol. The fraction of sp³-hybridized carbons (Fsp3) is 0.471. The van der Waals surface area contributed by atoms with Crippen LogP contribution in [0.4, 0.5) is 0 Å². The van der Waals surface area contributed by atoms with Crippen LogP contribution in [-0.2, 0) is 13.0 Å². The minimum atomic E-state index is -0.726. The Kier molecular flexibility index (Phi) is 3.20. The Morgan fingerprint density at radius 3 is 3.05 bits per heavy atom. The maximum Gasteiger partial charge on any atom is 0.166 e. The molecular weight excluding hydrogens is 276 g/mol. The van der Waals surface area contributed by atoms with Gasteiger partial charge in [0, 0.05) is 40.8 Å². The van der Waals surface area contributed by atoms with E-state index in [9.17, 15) is 5.11 Å². The van der Waals surface area contributed by atoms with Crippen molar-refractivity contribution in [3.8, 4) is 0 Å². The number of benzene rings is 1. The summed E-state index contributed by atoms with van der Waals surface area (Å²) in [5.74, 6) is 0. The van der Waals surface area contributed by atoms with E-state index in [1.54, 1.807) is 0 Å². The largest absolute Gasteiger partial charge is 0.368 e. The van der Waals surface area contributed by atoms with Crippen LogP contribution < -0.4 is 5.43 Å². The van der Waals surface area contributed by atoms with Crippen LogP contribution in [0.3, 0.4) is 0 Å². The molecule has 5 nitrogen and oxygen atoms in total. The van der Waals surface area contributed by atoms with E-state index in [4.69, 9.17) is 0 Å². The normalized spacial score (nSPS) is 20.0. The number of rotatable bonds is 3. The van der Waals surface area contributed by atoms with Gasteiger partial charge in [0.05, 0.1) is 5.71 Å². The summed E-state index contributed by atoms with van der Waals surface area (Å²) in [5.41, 5.74) is 8.80. The van der Waals surface area contributed by atoms with E-state index in [-0.39, 0.29) is 0 Å².